The monoisotopic (exact) mass is 362 g/mol. The molecule has 1 unspecified atom stereocenters. The number of aromatic nitrogens is 3. The van der Waals surface area contributed by atoms with E-state index in [0.717, 1.165) is 49.1 Å². The van der Waals surface area contributed by atoms with Crippen LogP contribution in [-0.2, 0) is 6.54 Å². The molecule has 138 valence electrons. The van der Waals surface area contributed by atoms with Gasteiger partial charge >= 0.3 is 5.69 Å². The molecule has 1 atom stereocenters. The Hall–Kier alpha value is -3.11. The number of rotatable bonds is 3. The van der Waals surface area contributed by atoms with Gasteiger partial charge in [0.1, 0.15) is 5.52 Å². The van der Waals surface area contributed by atoms with Crippen molar-refractivity contribution < 1.29 is 0 Å². The number of nitrogens with one attached hydrogen (secondary N) is 1. The fraction of sp³-hybridized carbons (Fsp3) is 0.350. The topological polar surface area (TPSA) is 104 Å². The SMILES string of the molecule is N#Cc1ccccc1Cn1c(=O)[nH]c2nccc(N3CCCCC(N)C3)c21. The van der Waals surface area contributed by atoms with E-state index < -0.39 is 0 Å². The zero-order valence-electron chi connectivity index (χ0n) is 15.1. The summed E-state index contributed by atoms with van der Waals surface area (Å²) in [5.41, 5.74) is 9.69. The summed E-state index contributed by atoms with van der Waals surface area (Å²) < 4.78 is 1.67. The first-order chi connectivity index (χ1) is 13.2. The maximum absolute atomic E-state index is 12.7. The molecule has 0 radical (unpaired) electrons. The first-order valence-electron chi connectivity index (χ1n) is 9.23. The molecular formula is C20H22N6O. The number of aromatic amines is 1. The molecule has 0 amide bonds. The molecule has 1 aliphatic rings. The van der Waals surface area contributed by atoms with Crippen LogP contribution in [0.3, 0.4) is 0 Å². The van der Waals surface area contributed by atoms with Gasteiger partial charge in [-0.25, -0.2) is 9.78 Å². The molecule has 2 aromatic heterocycles. The van der Waals surface area contributed by atoms with Crippen LogP contribution in [0.1, 0.15) is 30.4 Å². The Morgan fingerprint density at radius 2 is 2.15 bits per heavy atom. The second kappa shape index (κ2) is 7.25. The average Bonchev–Trinajstić information content (AvgIpc) is 2.85. The highest BCUT2D eigenvalue weighted by Gasteiger charge is 2.21. The Morgan fingerprint density at radius 1 is 1.30 bits per heavy atom. The van der Waals surface area contributed by atoms with Crippen LogP contribution in [0.4, 0.5) is 5.69 Å². The van der Waals surface area contributed by atoms with Gasteiger partial charge in [0.2, 0.25) is 0 Å². The number of nitrogens with zero attached hydrogens (tertiary/aromatic N) is 4. The van der Waals surface area contributed by atoms with Crippen LogP contribution in [-0.4, -0.2) is 33.7 Å². The molecule has 0 spiro atoms. The largest absolute Gasteiger partial charge is 0.368 e. The first kappa shape index (κ1) is 17.3. The van der Waals surface area contributed by atoms with Crippen molar-refractivity contribution in [2.75, 3.05) is 18.0 Å². The van der Waals surface area contributed by atoms with Gasteiger partial charge in [0.05, 0.1) is 23.9 Å². The van der Waals surface area contributed by atoms with Crippen molar-refractivity contribution in [2.24, 2.45) is 5.73 Å². The van der Waals surface area contributed by atoms with Crippen LogP contribution in [0.15, 0.2) is 41.3 Å². The van der Waals surface area contributed by atoms with Crippen LogP contribution >= 0.6 is 0 Å². The van der Waals surface area contributed by atoms with Gasteiger partial charge in [-0.1, -0.05) is 24.6 Å². The summed E-state index contributed by atoms with van der Waals surface area (Å²) in [4.78, 5) is 22.1. The summed E-state index contributed by atoms with van der Waals surface area (Å²) in [6.45, 7) is 1.98. The van der Waals surface area contributed by atoms with Crippen molar-refractivity contribution in [2.45, 2.75) is 31.8 Å². The minimum Gasteiger partial charge on any atom is -0.368 e. The Balaban J connectivity index is 1.83. The van der Waals surface area contributed by atoms with Crippen LogP contribution in [0, 0.1) is 11.3 Å². The average molecular weight is 362 g/mol. The number of nitriles is 1. The number of pyridine rings is 1. The Kier molecular flexibility index (Phi) is 4.65. The number of nitrogens with two attached hydrogens (primary N) is 1. The molecule has 1 saturated heterocycles. The molecule has 1 aliphatic heterocycles. The number of fused-ring (bicyclic) bond motifs is 1. The van der Waals surface area contributed by atoms with Gasteiger partial charge in [0.15, 0.2) is 5.65 Å². The molecule has 4 rings (SSSR count). The van der Waals surface area contributed by atoms with Gasteiger partial charge in [0, 0.05) is 25.3 Å². The summed E-state index contributed by atoms with van der Waals surface area (Å²) in [6.07, 6.45) is 4.92. The zero-order chi connectivity index (χ0) is 18.8. The molecule has 1 aromatic carbocycles. The summed E-state index contributed by atoms with van der Waals surface area (Å²) in [5.74, 6) is 0. The van der Waals surface area contributed by atoms with Gasteiger partial charge in [0.25, 0.3) is 0 Å². The third-order valence-corrected chi connectivity index (χ3v) is 5.16. The zero-order valence-corrected chi connectivity index (χ0v) is 15.1. The third-order valence-electron chi connectivity index (χ3n) is 5.16. The molecule has 1 fully saturated rings. The van der Waals surface area contributed by atoms with E-state index in [1.807, 2.05) is 24.3 Å². The molecule has 3 heterocycles. The van der Waals surface area contributed by atoms with Crippen molar-refractivity contribution >= 4 is 16.9 Å². The molecule has 0 bridgehead atoms. The van der Waals surface area contributed by atoms with E-state index in [2.05, 4.69) is 20.9 Å². The normalized spacial score (nSPS) is 17.6. The minimum atomic E-state index is -0.225. The molecule has 0 saturated carbocycles. The molecular weight excluding hydrogens is 340 g/mol. The minimum absolute atomic E-state index is 0.120. The number of benzene rings is 1. The summed E-state index contributed by atoms with van der Waals surface area (Å²) >= 11 is 0. The number of H-pyrrole nitrogens is 1. The fourth-order valence-corrected chi connectivity index (χ4v) is 3.81. The predicted octanol–water partition coefficient (Wildman–Crippen LogP) is 1.96. The van der Waals surface area contributed by atoms with Crippen molar-refractivity contribution in [1.82, 2.24) is 14.5 Å². The lowest BCUT2D eigenvalue weighted by molar-refractivity contribution is 0.621. The highest BCUT2D eigenvalue weighted by atomic mass is 16.1. The Labute approximate surface area is 157 Å². The number of imidazole rings is 1. The van der Waals surface area contributed by atoms with Gasteiger partial charge in [-0.15, -0.1) is 0 Å². The van der Waals surface area contributed by atoms with Gasteiger partial charge in [-0.05, 0) is 30.5 Å². The van der Waals surface area contributed by atoms with Gasteiger partial charge in [-0.2, -0.15) is 5.26 Å². The van der Waals surface area contributed by atoms with Crippen molar-refractivity contribution in [1.29, 1.82) is 5.26 Å². The highest BCUT2D eigenvalue weighted by molar-refractivity contribution is 5.86. The molecule has 27 heavy (non-hydrogen) atoms. The van der Waals surface area contributed by atoms with E-state index in [4.69, 9.17) is 5.73 Å². The predicted molar refractivity (Wildman–Crippen MR) is 105 cm³/mol. The Morgan fingerprint density at radius 3 is 3.00 bits per heavy atom. The fourth-order valence-electron chi connectivity index (χ4n) is 3.81. The Bertz CT molecular complexity index is 1060. The molecule has 7 heteroatoms. The lowest BCUT2D eigenvalue weighted by atomic mass is 10.1. The van der Waals surface area contributed by atoms with Crippen LogP contribution in [0.2, 0.25) is 0 Å². The van der Waals surface area contributed by atoms with E-state index in [1.54, 1.807) is 16.8 Å². The van der Waals surface area contributed by atoms with Crippen LogP contribution in [0.5, 0.6) is 0 Å². The lowest BCUT2D eigenvalue weighted by Crippen LogP contribution is -2.36. The van der Waals surface area contributed by atoms with Crippen molar-refractivity contribution in [3.8, 4) is 6.07 Å². The van der Waals surface area contributed by atoms with E-state index in [-0.39, 0.29) is 11.7 Å². The summed E-state index contributed by atoms with van der Waals surface area (Å²) in [5, 5.41) is 9.37. The smallest absolute Gasteiger partial charge is 0.328 e. The van der Waals surface area contributed by atoms with E-state index in [9.17, 15) is 10.1 Å². The van der Waals surface area contributed by atoms with Crippen molar-refractivity contribution in [3.63, 3.8) is 0 Å². The standard InChI is InChI=1S/C20H22N6O/c21-11-14-5-1-2-6-15(14)12-26-18-17(8-9-23-19(18)24-20(26)27)25-10-4-3-7-16(22)13-25/h1-2,5-6,8-9,16H,3-4,7,10,12-13,22H2,(H,23,24,27). The summed E-state index contributed by atoms with van der Waals surface area (Å²) in [7, 11) is 0. The number of hydrogen-bond acceptors (Lipinski definition) is 5. The number of hydrogen-bond donors (Lipinski definition) is 2. The maximum atomic E-state index is 12.7. The van der Waals surface area contributed by atoms with E-state index in [0.29, 0.717) is 17.8 Å². The maximum Gasteiger partial charge on any atom is 0.328 e. The van der Waals surface area contributed by atoms with Gasteiger partial charge < -0.3 is 10.6 Å². The van der Waals surface area contributed by atoms with E-state index >= 15 is 0 Å². The quantitative estimate of drug-likeness (QED) is 0.741. The van der Waals surface area contributed by atoms with Gasteiger partial charge in [-0.3, -0.25) is 9.55 Å². The van der Waals surface area contributed by atoms with Crippen LogP contribution in [0.25, 0.3) is 11.2 Å². The lowest BCUT2D eigenvalue weighted by Gasteiger charge is -2.25. The second-order valence-electron chi connectivity index (χ2n) is 7.01. The third kappa shape index (κ3) is 3.32. The summed E-state index contributed by atoms with van der Waals surface area (Å²) in [6, 6.07) is 11.6. The molecule has 3 aromatic rings. The second-order valence-corrected chi connectivity index (χ2v) is 7.01. The molecule has 7 nitrogen and oxygen atoms in total. The van der Waals surface area contributed by atoms with Crippen LogP contribution < -0.4 is 16.3 Å². The molecule has 0 aliphatic carbocycles. The molecule has 3 N–H and O–H groups in total. The highest BCUT2D eigenvalue weighted by Crippen LogP contribution is 2.27. The number of anilines is 1. The van der Waals surface area contributed by atoms with Crippen molar-refractivity contribution in [3.05, 3.63) is 58.1 Å². The van der Waals surface area contributed by atoms with E-state index in [1.165, 1.54) is 0 Å². The first-order valence-corrected chi connectivity index (χ1v) is 9.23.